The molecule has 0 aromatic carbocycles. The summed E-state index contributed by atoms with van der Waals surface area (Å²) in [6.07, 6.45) is -1.49. The molecule has 0 radical (unpaired) electrons. The van der Waals surface area contributed by atoms with Crippen LogP contribution in [0, 0.1) is 13.8 Å². The van der Waals surface area contributed by atoms with Gasteiger partial charge in [0.2, 0.25) is 5.91 Å². The molecule has 0 aliphatic carbocycles. The number of aryl methyl sites for hydroxylation is 2. The van der Waals surface area contributed by atoms with Gasteiger partial charge >= 0.3 is 6.18 Å². The zero-order valence-electron chi connectivity index (χ0n) is 13.4. The third kappa shape index (κ3) is 3.44. The molecule has 0 saturated heterocycles. The first-order chi connectivity index (χ1) is 11.8. The number of carbonyl (C=O) groups excluding carboxylic acids is 1. The first-order valence-corrected chi connectivity index (χ1v) is 7.37. The maximum Gasteiger partial charge on any atom is 0.417 e. The predicted octanol–water partition coefficient (Wildman–Crippen LogP) is 3.10. The minimum Gasteiger partial charge on any atom is -0.324 e. The molecule has 0 fully saturated rings. The Morgan fingerprint density at radius 2 is 1.92 bits per heavy atom. The Kier molecular flexibility index (Phi) is 4.15. The van der Waals surface area contributed by atoms with Crippen LogP contribution in [0.2, 0.25) is 0 Å². The van der Waals surface area contributed by atoms with E-state index in [4.69, 9.17) is 0 Å². The van der Waals surface area contributed by atoms with Gasteiger partial charge in [-0.1, -0.05) is 0 Å². The van der Waals surface area contributed by atoms with Crippen molar-refractivity contribution in [2.75, 3.05) is 5.32 Å². The van der Waals surface area contributed by atoms with Crippen LogP contribution in [0.3, 0.4) is 0 Å². The van der Waals surface area contributed by atoms with Gasteiger partial charge in [-0.2, -0.15) is 18.3 Å². The fraction of sp³-hybridized carbons (Fsp3) is 0.250. The van der Waals surface area contributed by atoms with Crippen molar-refractivity contribution >= 4 is 22.6 Å². The molecule has 0 aliphatic heterocycles. The molecule has 1 N–H and O–H groups in total. The molecule has 3 aromatic rings. The maximum absolute atomic E-state index is 13.3. The summed E-state index contributed by atoms with van der Waals surface area (Å²) >= 11 is 0. The van der Waals surface area contributed by atoms with Crippen LogP contribution in [0.25, 0.3) is 11.0 Å². The molecule has 0 saturated carbocycles. The van der Waals surface area contributed by atoms with Gasteiger partial charge in [0, 0.05) is 23.8 Å². The van der Waals surface area contributed by atoms with Gasteiger partial charge in [-0.25, -0.2) is 9.67 Å². The molecule has 3 aromatic heterocycles. The number of hydrogen-bond acceptors (Lipinski definition) is 4. The molecule has 9 heteroatoms. The Morgan fingerprint density at radius 3 is 2.56 bits per heavy atom. The lowest BCUT2D eigenvalue weighted by atomic mass is 10.1. The number of nitrogens with one attached hydrogen (secondary N) is 1. The summed E-state index contributed by atoms with van der Waals surface area (Å²) < 4.78 is 41.0. The molecule has 3 rings (SSSR count). The summed E-state index contributed by atoms with van der Waals surface area (Å²) in [6, 6.07) is 4.20. The second-order valence-corrected chi connectivity index (χ2v) is 5.53. The molecule has 0 aliphatic rings. The van der Waals surface area contributed by atoms with Crippen LogP contribution in [0.1, 0.15) is 17.0 Å². The zero-order chi connectivity index (χ0) is 18.2. The van der Waals surface area contributed by atoms with Gasteiger partial charge in [0.1, 0.15) is 6.54 Å². The quantitative estimate of drug-likeness (QED) is 0.789. The normalized spacial score (nSPS) is 11.7. The second kappa shape index (κ2) is 6.15. The number of nitrogens with zero attached hydrogens (tertiary/aromatic N) is 4. The van der Waals surface area contributed by atoms with Crippen molar-refractivity contribution in [1.29, 1.82) is 0 Å². The van der Waals surface area contributed by atoms with Crippen molar-refractivity contribution in [2.45, 2.75) is 26.6 Å². The first-order valence-electron chi connectivity index (χ1n) is 7.37. The Bertz CT molecular complexity index is 934. The molecular weight excluding hydrogens is 335 g/mol. The minimum absolute atomic E-state index is 0.0368. The molecule has 0 atom stereocenters. The van der Waals surface area contributed by atoms with E-state index >= 15 is 0 Å². The third-order valence-corrected chi connectivity index (χ3v) is 3.57. The Hall–Kier alpha value is -2.97. The van der Waals surface area contributed by atoms with Crippen LogP contribution in [0.5, 0.6) is 0 Å². The van der Waals surface area contributed by atoms with Crippen LogP contribution in [0.15, 0.2) is 30.6 Å². The number of carbonyl (C=O) groups is 1. The largest absolute Gasteiger partial charge is 0.417 e. The van der Waals surface area contributed by atoms with Crippen molar-refractivity contribution in [1.82, 2.24) is 19.7 Å². The lowest BCUT2D eigenvalue weighted by Gasteiger charge is -2.10. The topological polar surface area (TPSA) is 72.7 Å². The smallest absolute Gasteiger partial charge is 0.324 e. The van der Waals surface area contributed by atoms with E-state index < -0.39 is 17.6 Å². The summed E-state index contributed by atoms with van der Waals surface area (Å²) in [5.74, 6) is -0.424. The molecular formula is C16H14F3N5O. The zero-order valence-corrected chi connectivity index (χ0v) is 13.4. The Balaban J connectivity index is 1.98. The minimum atomic E-state index is -4.52. The van der Waals surface area contributed by atoms with Gasteiger partial charge in [-0.15, -0.1) is 0 Å². The summed E-state index contributed by atoms with van der Waals surface area (Å²) in [5.41, 5.74) is 0.151. The van der Waals surface area contributed by atoms with Gasteiger partial charge in [0.05, 0.1) is 16.6 Å². The number of fused-ring (bicyclic) bond motifs is 1. The Morgan fingerprint density at radius 1 is 1.24 bits per heavy atom. The summed E-state index contributed by atoms with van der Waals surface area (Å²) in [5, 5.41) is 6.61. The lowest BCUT2D eigenvalue weighted by molar-refractivity contribution is -0.136. The SMILES string of the molecule is Cc1cc(C(F)(F)F)c2c(C)nn(CC(=O)Nc3ccncc3)c2n1. The van der Waals surface area contributed by atoms with Gasteiger partial charge in [-0.05, 0) is 32.0 Å². The van der Waals surface area contributed by atoms with Gasteiger partial charge < -0.3 is 5.32 Å². The van der Waals surface area contributed by atoms with Crippen LogP contribution in [0.4, 0.5) is 18.9 Å². The van der Waals surface area contributed by atoms with Crippen molar-refractivity contribution in [3.63, 3.8) is 0 Å². The molecule has 6 nitrogen and oxygen atoms in total. The standard InChI is InChI=1S/C16H14F3N5O/c1-9-7-12(16(17,18)19)14-10(2)23-24(15(14)21-9)8-13(25)22-11-3-5-20-6-4-11/h3-7H,8H2,1-2H3,(H,20,22,25). The maximum atomic E-state index is 13.3. The fourth-order valence-corrected chi connectivity index (χ4v) is 2.58. The number of hydrogen-bond donors (Lipinski definition) is 1. The van der Waals surface area contributed by atoms with Crippen molar-refractivity contribution in [3.8, 4) is 0 Å². The van der Waals surface area contributed by atoms with E-state index in [9.17, 15) is 18.0 Å². The highest BCUT2D eigenvalue weighted by Gasteiger charge is 2.35. The average Bonchev–Trinajstić information content (AvgIpc) is 2.82. The summed E-state index contributed by atoms with van der Waals surface area (Å²) in [7, 11) is 0. The van der Waals surface area contributed by atoms with Gasteiger partial charge in [-0.3, -0.25) is 9.78 Å². The second-order valence-electron chi connectivity index (χ2n) is 5.53. The highest BCUT2D eigenvalue weighted by molar-refractivity contribution is 5.92. The van der Waals surface area contributed by atoms with Gasteiger partial charge in [0.25, 0.3) is 0 Å². The number of aromatic nitrogens is 4. The van der Waals surface area contributed by atoms with E-state index in [1.807, 2.05) is 0 Å². The van der Waals surface area contributed by atoms with Crippen LogP contribution >= 0.6 is 0 Å². The Labute approximate surface area is 140 Å². The number of amides is 1. The van der Waals surface area contributed by atoms with Crippen LogP contribution in [-0.4, -0.2) is 25.7 Å². The van der Waals surface area contributed by atoms with E-state index in [-0.39, 0.29) is 29.0 Å². The molecule has 130 valence electrons. The third-order valence-electron chi connectivity index (χ3n) is 3.57. The predicted molar refractivity (Wildman–Crippen MR) is 84.9 cm³/mol. The number of alkyl halides is 3. The van der Waals surface area contributed by atoms with E-state index in [1.54, 1.807) is 12.1 Å². The van der Waals surface area contributed by atoms with Crippen LogP contribution < -0.4 is 5.32 Å². The van der Waals surface area contributed by atoms with E-state index in [2.05, 4.69) is 20.4 Å². The number of halogens is 3. The number of anilines is 1. The number of rotatable bonds is 3. The van der Waals surface area contributed by atoms with E-state index in [1.165, 1.54) is 30.9 Å². The number of pyridine rings is 2. The highest BCUT2D eigenvalue weighted by atomic mass is 19.4. The van der Waals surface area contributed by atoms with Gasteiger partial charge in [0.15, 0.2) is 5.65 Å². The van der Waals surface area contributed by atoms with E-state index in [0.29, 0.717) is 5.69 Å². The fourth-order valence-electron chi connectivity index (χ4n) is 2.58. The molecule has 0 bridgehead atoms. The monoisotopic (exact) mass is 349 g/mol. The summed E-state index contributed by atoms with van der Waals surface area (Å²) in [6.45, 7) is 2.69. The molecule has 25 heavy (non-hydrogen) atoms. The first kappa shape index (κ1) is 16.9. The molecule has 3 heterocycles. The van der Waals surface area contributed by atoms with Crippen LogP contribution in [-0.2, 0) is 17.5 Å². The highest BCUT2D eigenvalue weighted by Crippen LogP contribution is 2.36. The molecule has 0 spiro atoms. The molecule has 0 unspecified atom stereocenters. The summed E-state index contributed by atoms with van der Waals surface area (Å²) in [4.78, 5) is 20.1. The van der Waals surface area contributed by atoms with Crippen molar-refractivity contribution < 1.29 is 18.0 Å². The van der Waals surface area contributed by atoms with E-state index in [0.717, 1.165) is 6.07 Å². The lowest BCUT2D eigenvalue weighted by Crippen LogP contribution is -2.20. The molecule has 1 amide bonds. The van der Waals surface area contributed by atoms with Crippen molar-refractivity contribution in [2.24, 2.45) is 0 Å². The average molecular weight is 349 g/mol. The van der Waals surface area contributed by atoms with Crippen molar-refractivity contribution in [3.05, 3.63) is 47.5 Å².